The number of aliphatic hydroxyl groups excluding tert-OH is 1. The van der Waals surface area contributed by atoms with Gasteiger partial charge < -0.3 is 14.9 Å². The van der Waals surface area contributed by atoms with Crippen LogP contribution in [0.4, 0.5) is 5.69 Å². The number of amides is 1. The zero-order valence-electron chi connectivity index (χ0n) is 19.2. The van der Waals surface area contributed by atoms with Crippen LogP contribution in [-0.2, 0) is 9.59 Å². The van der Waals surface area contributed by atoms with Gasteiger partial charge in [0.05, 0.1) is 23.7 Å². The first-order valence-electron chi connectivity index (χ1n) is 10.7. The van der Waals surface area contributed by atoms with E-state index in [1.807, 2.05) is 26.0 Å². The van der Waals surface area contributed by atoms with E-state index in [1.165, 1.54) is 24.1 Å². The highest BCUT2D eigenvalue weighted by Gasteiger charge is 2.47. The van der Waals surface area contributed by atoms with E-state index >= 15 is 0 Å². The first kappa shape index (κ1) is 23.4. The molecule has 0 saturated carbocycles. The van der Waals surface area contributed by atoms with Gasteiger partial charge in [0.25, 0.3) is 11.7 Å². The lowest BCUT2D eigenvalue weighted by atomic mass is 9.93. The lowest BCUT2D eigenvalue weighted by Crippen LogP contribution is -2.29. The highest BCUT2D eigenvalue weighted by Crippen LogP contribution is 2.44. The number of carbonyl (C=O) groups excluding carboxylic acids is 2. The Hall–Kier alpha value is -3.77. The molecule has 0 aliphatic carbocycles. The Bertz CT molecular complexity index is 1360. The number of aryl methyl sites for hydroxylation is 3. The van der Waals surface area contributed by atoms with Crippen molar-refractivity contribution in [2.75, 3.05) is 12.0 Å². The van der Waals surface area contributed by atoms with Gasteiger partial charge in [-0.3, -0.25) is 14.5 Å². The SMILES string of the molecule is COc1ccc(/C(O)=C2/C(=O)C(=O)N(c3ccc(C)c(C)c3)C2c2ccc(O)c(Cl)c2)c(C)c1. The van der Waals surface area contributed by atoms with Gasteiger partial charge in [-0.25, -0.2) is 0 Å². The number of halogens is 1. The molecule has 1 aliphatic heterocycles. The number of methoxy groups -OCH3 is 1. The molecule has 0 bridgehead atoms. The zero-order valence-corrected chi connectivity index (χ0v) is 20.0. The summed E-state index contributed by atoms with van der Waals surface area (Å²) in [6.45, 7) is 5.66. The highest BCUT2D eigenvalue weighted by molar-refractivity contribution is 6.51. The molecule has 0 spiro atoms. The molecule has 7 heteroatoms. The molecule has 6 nitrogen and oxygen atoms in total. The lowest BCUT2D eigenvalue weighted by molar-refractivity contribution is -0.132. The van der Waals surface area contributed by atoms with E-state index < -0.39 is 17.7 Å². The summed E-state index contributed by atoms with van der Waals surface area (Å²) < 4.78 is 5.24. The Balaban J connectivity index is 1.98. The monoisotopic (exact) mass is 477 g/mol. The molecule has 174 valence electrons. The molecule has 34 heavy (non-hydrogen) atoms. The number of ketones is 1. The van der Waals surface area contributed by atoms with Gasteiger partial charge in [0.1, 0.15) is 17.3 Å². The van der Waals surface area contributed by atoms with Crippen LogP contribution in [0.2, 0.25) is 5.02 Å². The van der Waals surface area contributed by atoms with Crippen molar-refractivity contribution in [1.29, 1.82) is 0 Å². The van der Waals surface area contributed by atoms with Gasteiger partial charge in [-0.2, -0.15) is 0 Å². The molecule has 0 aromatic heterocycles. The second-order valence-corrected chi connectivity index (χ2v) is 8.74. The minimum atomic E-state index is -0.943. The van der Waals surface area contributed by atoms with Crippen molar-refractivity contribution in [3.8, 4) is 11.5 Å². The summed E-state index contributed by atoms with van der Waals surface area (Å²) in [5.41, 5.74) is 4.02. The number of hydrogen-bond donors (Lipinski definition) is 2. The van der Waals surface area contributed by atoms with Gasteiger partial charge in [0.15, 0.2) is 0 Å². The number of phenolic OH excluding ortho intramolecular Hbond substituents is 1. The summed E-state index contributed by atoms with van der Waals surface area (Å²) in [5.74, 6) is -1.38. The van der Waals surface area contributed by atoms with Crippen molar-refractivity contribution in [3.05, 3.63) is 93.0 Å². The normalized spacial score (nSPS) is 17.3. The third kappa shape index (κ3) is 3.90. The third-order valence-electron chi connectivity index (χ3n) is 6.19. The van der Waals surface area contributed by atoms with Gasteiger partial charge in [0.2, 0.25) is 0 Å². The number of hydrogen-bond acceptors (Lipinski definition) is 5. The van der Waals surface area contributed by atoms with Crippen molar-refractivity contribution < 1.29 is 24.5 Å². The lowest BCUT2D eigenvalue weighted by Gasteiger charge is -2.26. The molecule has 1 amide bonds. The number of carbonyl (C=O) groups is 2. The Morgan fingerprint density at radius 1 is 0.941 bits per heavy atom. The number of nitrogens with zero attached hydrogens (tertiary/aromatic N) is 1. The fourth-order valence-electron chi connectivity index (χ4n) is 4.16. The maximum atomic E-state index is 13.3. The molecule has 0 radical (unpaired) electrons. The number of anilines is 1. The summed E-state index contributed by atoms with van der Waals surface area (Å²) in [6.07, 6.45) is 0. The molecule has 1 unspecified atom stereocenters. The first-order valence-corrected chi connectivity index (χ1v) is 11.0. The molecular formula is C27H24ClNO5. The summed E-state index contributed by atoms with van der Waals surface area (Å²) in [5, 5.41) is 21.3. The minimum absolute atomic E-state index is 0.0572. The smallest absolute Gasteiger partial charge is 0.300 e. The van der Waals surface area contributed by atoms with E-state index in [4.69, 9.17) is 16.3 Å². The van der Waals surface area contributed by atoms with Crippen LogP contribution in [-0.4, -0.2) is 29.0 Å². The Kier molecular flexibility index (Phi) is 6.11. The number of Topliss-reactive ketones (excluding diaryl/α,β-unsaturated/α-hetero) is 1. The first-order chi connectivity index (χ1) is 16.1. The van der Waals surface area contributed by atoms with E-state index in [9.17, 15) is 19.8 Å². The summed E-state index contributed by atoms with van der Waals surface area (Å²) in [6, 6.07) is 14.1. The van der Waals surface area contributed by atoms with Gasteiger partial charge in [-0.15, -0.1) is 0 Å². The van der Waals surface area contributed by atoms with Crippen LogP contribution in [0, 0.1) is 20.8 Å². The fraction of sp³-hybridized carbons (Fsp3) is 0.185. The number of phenols is 1. The topological polar surface area (TPSA) is 87.1 Å². The average Bonchev–Trinajstić information content (AvgIpc) is 3.07. The van der Waals surface area contributed by atoms with Crippen molar-refractivity contribution in [2.24, 2.45) is 0 Å². The van der Waals surface area contributed by atoms with Crippen LogP contribution in [0.1, 0.15) is 33.9 Å². The second kappa shape index (κ2) is 8.88. The number of rotatable bonds is 4. The average molecular weight is 478 g/mol. The fourth-order valence-corrected chi connectivity index (χ4v) is 4.35. The van der Waals surface area contributed by atoms with Crippen molar-refractivity contribution in [1.82, 2.24) is 0 Å². The number of ether oxygens (including phenoxy) is 1. The maximum Gasteiger partial charge on any atom is 0.300 e. The Morgan fingerprint density at radius 2 is 1.68 bits per heavy atom. The minimum Gasteiger partial charge on any atom is -0.507 e. The van der Waals surface area contributed by atoms with E-state index in [2.05, 4.69) is 0 Å². The van der Waals surface area contributed by atoms with E-state index in [0.29, 0.717) is 28.1 Å². The Labute approximate surface area is 202 Å². The third-order valence-corrected chi connectivity index (χ3v) is 6.49. The molecule has 1 aliphatic rings. The predicted molar refractivity (Wildman–Crippen MR) is 132 cm³/mol. The van der Waals surface area contributed by atoms with Crippen LogP contribution in [0.3, 0.4) is 0 Å². The molecule has 4 rings (SSSR count). The Morgan fingerprint density at radius 3 is 2.29 bits per heavy atom. The standard InChI is InChI=1S/C27H24ClNO5/c1-14-5-7-18(11-15(14)2)29-24(17-6-10-22(30)21(28)13-17)23(26(32)27(29)33)25(31)20-9-8-19(34-4)12-16(20)3/h5-13,24,30-31H,1-4H3/b25-23-. The van der Waals surface area contributed by atoms with E-state index in [1.54, 1.807) is 37.3 Å². The molecule has 3 aromatic rings. The van der Waals surface area contributed by atoms with Gasteiger partial charge >= 0.3 is 0 Å². The van der Waals surface area contributed by atoms with Gasteiger partial charge in [-0.1, -0.05) is 23.7 Å². The largest absolute Gasteiger partial charge is 0.507 e. The van der Waals surface area contributed by atoms with Gasteiger partial charge in [-0.05, 0) is 85.5 Å². The number of aromatic hydroxyl groups is 1. The second-order valence-electron chi connectivity index (χ2n) is 8.33. The summed E-state index contributed by atoms with van der Waals surface area (Å²) in [7, 11) is 1.54. The summed E-state index contributed by atoms with van der Waals surface area (Å²) >= 11 is 6.18. The summed E-state index contributed by atoms with van der Waals surface area (Å²) in [4.78, 5) is 28.0. The zero-order chi connectivity index (χ0) is 24.7. The number of aliphatic hydroxyl groups is 1. The van der Waals surface area contributed by atoms with E-state index in [-0.39, 0.29) is 22.1 Å². The van der Waals surface area contributed by atoms with Crippen LogP contribution in [0.5, 0.6) is 11.5 Å². The van der Waals surface area contributed by atoms with Crippen molar-refractivity contribution in [3.63, 3.8) is 0 Å². The molecule has 3 aromatic carbocycles. The predicted octanol–water partition coefficient (Wildman–Crippen LogP) is 5.61. The van der Waals surface area contributed by atoms with Gasteiger partial charge in [0, 0.05) is 11.3 Å². The molecule has 1 fully saturated rings. The quantitative estimate of drug-likeness (QED) is 0.290. The van der Waals surface area contributed by atoms with Crippen molar-refractivity contribution >= 4 is 34.7 Å². The van der Waals surface area contributed by atoms with Crippen LogP contribution in [0.15, 0.2) is 60.2 Å². The van der Waals surface area contributed by atoms with Crippen LogP contribution >= 0.6 is 11.6 Å². The molecule has 1 heterocycles. The molecule has 1 atom stereocenters. The van der Waals surface area contributed by atoms with Crippen LogP contribution < -0.4 is 9.64 Å². The van der Waals surface area contributed by atoms with E-state index in [0.717, 1.165) is 11.1 Å². The van der Waals surface area contributed by atoms with Crippen molar-refractivity contribution in [2.45, 2.75) is 26.8 Å². The highest BCUT2D eigenvalue weighted by atomic mass is 35.5. The molecule has 2 N–H and O–H groups in total. The van der Waals surface area contributed by atoms with Crippen LogP contribution in [0.25, 0.3) is 5.76 Å². The maximum absolute atomic E-state index is 13.3. The molecule has 1 saturated heterocycles. The molecular weight excluding hydrogens is 454 g/mol. The number of benzene rings is 3.